The molecule has 2 fully saturated rings. The maximum Gasteiger partial charge on any atom is 0.282 e. The summed E-state index contributed by atoms with van der Waals surface area (Å²) < 4.78 is 29.2. The van der Waals surface area contributed by atoms with E-state index in [2.05, 4.69) is 26.1 Å². The first-order valence-electron chi connectivity index (χ1n) is 7.95. The molecule has 5 nitrogen and oxygen atoms in total. The quantitative estimate of drug-likeness (QED) is 0.825. The molecule has 0 radical (unpaired) electrons. The molecule has 2 heterocycles. The molecule has 7 heteroatoms. The van der Waals surface area contributed by atoms with E-state index in [0.29, 0.717) is 32.1 Å². The molecular formula is C14H29N3O2S2. The summed E-state index contributed by atoms with van der Waals surface area (Å²) in [6, 6.07) is 0. The molecule has 2 aliphatic rings. The Morgan fingerprint density at radius 3 is 2.71 bits per heavy atom. The van der Waals surface area contributed by atoms with Crippen LogP contribution in [0.2, 0.25) is 0 Å². The van der Waals surface area contributed by atoms with Gasteiger partial charge >= 0.3 is 0 Å². The van der Waals surface area contributed by atoms with E-state index in [1.807, 2.05) is 11.8 Å². The van der Waals surface area contributed by atoms with E-state index in [-0.39, 0.29) is 4.75 Å². The first-order chi connectivity index (χ1) is 9.85. The van der Waals surface area contributed by atoms with Gasteiger partial charge in [-0.05, 0) is 45.7 Å². The van der Waals surface area contributed by atoms with Gasteiger partial charge in [-0.1, -0.05) is 6.92 Å². The summed E-state index contributed by atoms with van der Waals surface area (Å²) in [4.78, 5) is 0. The smallest absolute Gasteiger partial charge is 0.282 e. The highest BCUT2D eigenvalue weighted by molar-refractivity contribution is 8.00. The van der Waals surface area contributed by atoms with Crippen molar-refractivity contribution in [3.05, 3.63) is 0 Å². The van der Waals surface area contributed by atoms with Gasteiger partial charge in [0.2, 0.25) is 0 Å². The van der Waals surface area contributed by atoms with Gasteiger partial charge in [-0.25, -0.2) is 0 Å². The van der Waals surface area contributed by atoms with Crippen molar-refractivity contribution in [2.24, 2.45) is 5.92 Å². The Bertz CT molecular complexity index is 440. The highest BCUT2D eigenvalue weighted by atomic mass is 32.2. The Hall–Kier alpha value is 0.180. The fourth-order valence-corrected chi connectivity index (χ4v) is 6.29. The lowest BCUT2D eigenvalue weighted by molar-refractivity contribution is 0.240. The highest BCUT2D eigenvalue weighted by Gasteiger charge is 2.38. The largest absolute Gasteiger partial charge is 0.317 e. The molecule has 0 aromatic carbocycles. The van der Waals surface area contributed by atoms with Crippen molar-refractivity contribution >= 4 is 22.0 Å². The van der Waals surface area contributed by atoms with Crippen LogP contribution >= 0.6 is 11.8 Å². The van der Waals surface area contributed by atoms with Crippen molar-refractivity contribution in [1.29, 1.82) is 0 Å². The molecule has 1 unspecified atom stereocenters. The molecule has 1 atom stereocenters. The summed E-state index contributed by atoms with van der Waals surface area (Å²) in [7, 11) is -3.29. The third kappa shape index (κ3) is 4.58. The minimum atomic E-state index is -3.29. The molecular weight excluding hydrogens is 306 g/mol. The molecule has 0 aliphatic carbocycles. The van der Waals surface area contributed by atoms with Gasteiger partial charge in [-0.3, -0.25) is 0 Å². The van der Waals surface area contributed by atoms with Crippen molar-refractivity contribution in [2.45, 2.75) is 38.4 Å². The summed E-state index contributed by atoms with van der Waals surface area (Å²) in [5.74, 6) is 1.33. The number of piperidine rings is 1. The van der Waals surface area contributed by atoms with Gasteiger partial charge in [-0.2, -0.15) is 28.8 Å². The SMILES string of the molecule is CCNCC1CCCN(S(=O)(=O)N2CCSC(C)(C)C2)C1. The first kappa shape index (κ1) is 17.5. The van der Waals surface area contributed by atoms with Crippen LogP contribution in [0, 0.1) is 5.92 Å². The van der Waals surface area contributed by atoms with E-state index in [1.54, 1.807) is 8.61 Å². The van der Waals surface area contributed by atoms with Crippen LogP contribution in [-0.2, 0) is 10.2 Å². The second-order valence-corrected chi connectivity index (χ2v) is 10.4. The van der Waals surface area contributed by atoms with Crippen molar-refractivity contribution < 1.29 is 8.42 Å². The molecule has 21 heavy (non-hydrogen) atoms. The average molecular weight is 336 g/mol. The van der Waals surface area contributed by atoms with Crippen molar-refractivity contribution in [3.8, 4) is 0 Å². The zero-order valence-electron chi connectivity index (χ0n) is 13.5. The molecule has 0 amide bonds. The van der Waals surface area contributed by atoms with E-state index in [9.17, 15) is 8.42 Å². The molecule has 0 bridgehead atoms. The van der Waals surface area contributed by atoms with E-state index in [4.69, 9.17) is 0 Å². The van der Waals surface area contributed by atoms with Crippen LogP contribution in [0.5, 0.6) is 0 Å². The van der Waals surface area contributed by atoms with Crippen LogP contribution in [0.25, 0.3) is 0 Å². The third-order valence-corrected chi connectivity index (χ3v) is 7.45. The molecule has 0 saturated carbocycles. The van der Waals surface area contributed by atoms with E-state index < -0.39 is 10.2 Å². The zero-order valence-corrected chi connectivity index (χ0v) is 15.1. The molecule has 124 valence electrons. The van der Waals surface area contributed by atoms with Gasteiger partial charge in [0.15, 0.2) is 0 Å². The number of nitrogens with one attached hydrogen (secondary N) is 1. The fourth-order valence-electron chi connectivity index (χ4n) is 3.08. The van der Waals surface area contributed by atoms with Crippen molar-refractivity contribution in [2.75, 3.05) is 45.0 Å². The van der Waals surface area contributed by atoms with Crippen LogP contribution in [0.15, 0.2) is 0 Å². The lowest BCUT2D eigenvalue weighted by Crippen LogP contribution is -2.54. The normalized spacial score (nSPS) is 28.6. The van der Waals surface area contributed by atoms with Gasteiger partial charge in [0.25, 0.3) is 10.2 Å². The Balaban J connectivity index is 2.01. The lowest BCUT2D eigenvalue weighted by atomic mass is 10.00. The van der Waals surface area contributed by atoms with Gasteiger partial charge in [0, 0.05) is 36.7 Å². The summed E-state index contributed by atoms with van der Waals surface area (Å²) in [6.45, 7) is 10.8. The maximum absolute atomic E-state index is 12.9. The predicted molar refractivity (Wildman–Crippen MR) is 89.9 cm³/mol. The van der Waals surface area contributed by atoms with Gasteiger partial charge in [0.1, 0.15) is 0 Å². The maximum atomic E-state index is 12.9. The number of nitrogens with zero attached hydrogens (tertiary/aromatic N) is 2. The summed E-state index contributed by atoms with van der Waals surface area (Å²) >= 11 is 1.86. The standard InChI is InChI=1S/C14H29N3O2S2/c1-4-15-10-13-6-5-7-16(11-13)21(18,19)17-8-9-20-14(2,3)12-17/h13,15H,4-12H2,1-3H3. The summed E-state index contributed by atoms with van der Waals surface area (Å²) in [5, 5.41) is 3.34. The molecule has 1 N–H and O–H groups in total. The number of hydrogen-bond acceptors (Lipinski definition) is 4. The minimum Gasteiger partial charge on any atom is -0.317 e. The topological polar surface area (TPSA) is 52.7 Å². The fraction of sp³-hybridized carbons (Fsp3) is 1.00. The number of hydrogen-bond donors (Lipinski definition) is 1. The molecule has 2 aliphatic heterocycles. The van der Waals surface area contributed by atoms with Gasteiger partial charge in [0.05, 0.1) is 0 Å². The minimum absolute atomic E-state index is 0.0181. The van der Waals surface area contributed by atoms with Gasteiger partial charge in [-0.15, -0.1) is 0 Å². The van der Waals surface area contributed by atoms with Crippen LogP contribution in [0.1, 0.15) is 33.6 Å². The van der Waals surface area contributed by atoms with Crippen LogP contribution in [-0.4, -0.2) is 66.8 Å². The Morgan fingerprint density at radius 1 is 1.29 bits per heavy atom. The van der Waals surface area contributed by atoms with Crippen LogP contribution in [0.3, 0.4) is 0 Å². The Labute approximate surface area is 134 Å². The Kier molecular flexibility index (Phi) is 5.99. The summed E-state index contributed by atoms with van der Waals surface area (Å²) in [5.41, 5.74) is 0. The van der Waals surface area contributed by atoms with Gasteiger partial charge < -0.3 is 5.32 Å². The van der Waals surface area contributed by atoms with E-state index in [0.717, 1.165) is 31.7 Å². The zero-order chi connectivity index (χ0) is 15.5. The van der Waals surface area contributed by atoms with Crippen molar-refractivity contribution in [3.63, 3.8) is 0 Å². The second-order valence-electron chi connectivity index (χ2n) is 6.62. The Morgan fingerprint density at radius 2 is 2.05 bits per heavy atom. The average Bonchev–Trinajstić information content (AvgIpc) is 2.44. The predicted octanol–water partition coefficient (Wildman–Crippen LogP) is 1.38. The second kappa shape index (κ2) is 7.17. The van der Waals surface area contributed by atoms with E-state index >= 15 is 0 Å². The molecule has 2 saturated heterocycles. The van der Waals surface area contributed by atoms with Crippen LogP contribution in [0.4, 0.5) is 0 Å². The number of rotatable bonds is 5. The molecule has 0 aromatic rings. The molecule has 0 spiro atoms. The van der Waals surface area contributed by atoms with Crippen molar-refractivity contribution in [1.82, 2.24) is 13.9 Å². The summed E-state index contributed by atoms with van der Waals surface area (Å²) in [6.07, 6.45) is 2.10. The lowest BCUT2D eigenvalue weighted by Gasteiger charge is -2.41. The molecule has 0 aromatic heterocycles. The number of thioether (sulfide) groups is 1. The van der Waals surface area contributed by atoms with E-state index in [1.165, 1.54) is 0 Å². The molecule has 2 rings (SSSR count). The highest BCUT2D eigenvalue weighted by Crippen LogP contribution is 2.32. The monoisotopic (exact) mass is 335 g/mol. The third-order valence-electron chi connectivity index (χ3n) is 4.21. The van der Waals surface area contributed by atoms with Crippen LogP contribution < -0.4 is 5.32 Å². The first-order valence-corrected chi connectivity index (χ1v) is 10.3.